The van der Waals surface area contributed by atoms with Crippen LogP contribution in [0.1, 0.15) is 19.3 Å². The van der Waals surface area contributed by atoms with E-state index in [0.717, 1.165) is 36.6 Å². The van der Waals surface area contributed by atoms with E-state index in [4.69, 9.17) is 14.6 Å². The number of hydrogen-bond donors (Lipinski definition) is 1. The molecule has 1 heterocycles. The van der Waals surface area contributed by atoms with Gasteiger partial charge in [-0.05, 0) is 31.4 Å². The monoisotopic (exact) mass is 251 g/mol. The van der Waals surface area contributed by atoms with E-state index in [9.17, 15) is 0 Å². The van der Waals surface area contributed by atoms with E-state index < -0.39 is 0 Å². The number of ether oxygens (including phenoxy) is 2. The summed E-state index contributed by atoms with van der Waals surface area (Å²) >= 11 is 0. The average molecular weight is 251 g/mol. The van der Waals surface area contributed by atoms with Crippen LogP contribution >= 0.6 is 0 Å². The molecule has 100 valence electrons. The SMILES string of the molecule is COc1ccc(N2CCCC2CCO)c(OC)c1. The van der Waals surface area contributed by atoms with Gasteiger partial charge in [-0.3, -0.25) is 0 Å². The van der Waals surface area contributed by atoms with Crippen LogP contribution in [0.15, 0.2) is 18.2 Å². The zero-order valence-corrected chi connectivity index (χ0v) is 11.1. The second kappa shape index (κ2) is 5.96. The van der Waals surface area contributed by atoms with Gasteiger partial charge in [-0.2, -0.15) is 0 Å². The maximum atomic E-state index is 9.12. The molecule has 1 aromatic rings. The molecule has 1 atom stereocenters. The van der Waals surface area contributed by atoms with Crippen LogP contribution in [0.2, 0.25) is 0 Å². The van der Waals surface area contributed by atoms with Gasteiger partial charge in [0.2, 0.25) is 0 Å². The topological polar surface area (TPSA) is 41.9 Å². The molecule has 4 heteroatoms. The predicted octanol–water partition coefficient (Wildman–Crippen LogP) is 2.05. The number of rotatable bonds is 5. The molecule has 2 rings (SSSR count). The van der Waals surface area contributed by atoms with Crippen LogP contribution in [0.4, 0.5) is 5.69 Å². The molecule has 0 amide bonds. The lowest BCUT2D eigenvalue weighted by atomic mass is 10.1. The Bertz CT molecular complexity index is 395. The summed E-state index contributed by atoms with van der Waals surface area (Å²) in [5.41, 5.74) is 1.09. The minimum Gasteiger partial charge on any atom is -0.497 e. The largest absolute Gasteiger partial charge is 0.497 e. The van der Waals surface area contributed by atoms with Crippen LogP contribution in [-0.2, 0) is 0 Å². The molecular formula is C14H21NO3. The highest BCUT2D eigenvalue weighted by molar-refractivity contribution is 5.62. The highest BCUT2D eigenvalue weighted by Crippen LogP contribution is 2.36. The van der Waals surface area contributed by atoms with Gasteiger partial charge >= 0.3 is 0 Å². The zero-order valence-electron chi connectivity index (χ0n) is 11.1. The summed E-state index contributed by atoms with van der Waals surface area (Å²) in [7, 11) is 3.33. The average Bonchev–Trinajstić information content (AvgIpc) is 2.86. The lowest BCUT2D eigenvalue weighted by molar-refractivity contribution is 0.275. The van der Waals surface area contributed by atoms with Crippen LogP contribution in [0.3, 0.4) is 0 Å². The van der Waals surface area contributed by atoms with Gasteiger partial charge in [-0.1, -0.05) is 0 Å². The molecule has 0 aromatic heterocycles. The number of nitrogens with zero attached hydrogens (tertiary/aromatic N) is 1. The Hall–Kier alpha value is -1.42. The number of anilines is 1. The summed E-state index contributed by atoms with van der Waals surface area (Å²) in [4.78, 5) is 2.33. The Morgan fingerprint density at radius 3 is 2.83 bits per heavy atom. The smallest absolute Gasteiger partial charge is 0.145 e. The van der Waals surface area contributed by atoms with E-state index in [0.29, 0.717) is 6.04 Å². The Kier molecular flexibility index (Phi) is 4.31. The number of aliphatic hydroxyl groups is 1. The molecule has 1 aliphatic heterocycles. The Labute approximate surface area is 108 Å². The van der Waals surface area contributed by atoms with Crippen molar-refractivity contribution in [2.24, 2.45) is 0 Å². The molecule has 1 aromatic carbocycles. The zero-order chi connectivity index (χ0) is 13.0. The maximum absolute atomic E-state index is 9.12. The second-order valence-electron chi connectivity index (χ2n) is 4.54. The van der Waals surface area contributed by atoms with Crippen molar-refractivity contribution in [1.29, 1.82) is 0 Å². The summed E-state index contributed by atoms with van der Waals surface area (Å²) in [6.45, 7) is 1.26. The predicted molar refractivity (Wildman–Crippen MR) is 71.6 cm³/mol. The van der Waals surface area contributed by atoms with Crippen molar-refractivity contribution in [3.63, 3.8) is 0 Å². The van der Waals surface area contributed by atoms with Crippen molar-refractivity contribution in [3.8, 4) is 11.5 Å². The standard InChI is InChI=1S/C14H21NO3/c1-17-12-5-6-13(14(10-12)18-2)15-8-3-4-11(15)7-9-16/h5-6,10-11,16H,3-4,7-9H2,1-2H3. The first-order valence-corrected chi connectivity index (χ1v) is 6.39. The van der Waals surface area contributed by atoms with Crippen LogP contribution < -0.4 is 14.4 Å². The summed E-state index contributed by atoms with van der Waals surface area (Å²) < 4.78 is 10.7. The van der Waals surface area contributed by atoms with Gasteiger partial charge in [0.25, 0.3) is 0 Å². The first-order chi connectivity index (χ1) is 8.80. The van der Waals surface area contributed by atoms with Crippen LogP contribution in [0.25, 0.3) is 0 Å². The van der Waals surface area contributed by atoms with Crippen molar-refractivity contribution in [2.75, 3.05) is 32.3 Å². The second-order valence-corrected chi connectivity index (χ2v) is 4.54. The third-order valence-electron chi connectivity index (χ3n) is 3.54. The van der Waals surface area contributed by atoms with Gasteiger partial charge in [0.15, 0.2) is 0 Å². The lowest BCUT2D eigenvalue weighted by Gasteiger charge is -2.28. The summed E-state index contributed by atoms with van der Waals surface area (Å²) in [6, 6.07) is 6.31. The molecule has 18 heavy (non-hydrogen) atoms. The van der Waals surface area contributed by atoms with Gasteiger partial charge in [0.05, 0.1) is 19.9 Å². The molecule has 0 spiro atoms. The van der Waals surface area contributed by atoms with Crippen LogP contribution in [0, 0.1) is 0 Å². The maximum Gasteiger partial charge on any atom is 0.145 e. The number of methoxy groups -OCH3 is 2. The van der Waals surface area contributed by atoms with E-state index in [1.807, 2.05) is 18.2 Å². The van der Waals surface area contributed by atoms with E-state index in [2.05, 4.69) is 4.90 Å². The Morgan fingerprint density at radius 1 is 1.33 bits per heavy atom. The molecule has 4 nitrogen and oxygen atoms in total. The van der Waals surface area contributed by atoms with Crippen molar-refractivity contribution < 1.29 is 14.6 Å². The fourth-order valence-corrected chi connectivity index (χ4v) is 2.62. The third kappa shape index (κ3) is 2.53. The molecule has 1 fully saturated rings. The van der Waals surface area contributed by atoms with Crippen molar-refractivity contribution in [2.45, 2.75) is 25.3 Å². The molecular weight excluding hydrogens is 230 g/mol. The first-order valence-electron chi connectivity index (χ1n) is 6.39. The molecule has 1 unspecified atom stereocenters. The fourth-order valence-electron chi connectivity index (χ4n) is 2.62. The fraction of sp³-hybridized carbons (Fsp3) is 0.571. The molecule has 1 aliphatic rings. The number of benzene rings is 1. The Morgan fingerprint density at radius 2 is 2.17 bits per heavy atom. The molecule has 0 aliphatic carbocycles. The highest BCUT2D eigenvalue weighted by atomic mass is 16.5. The van der Waals surface area contributed by atoms with Crippen LogP contribution in [0.5, 0.6) is 11.5 Å². The minimum atomic E-state index is 0.236. The quantitative estimate of drug-likeness (QED) is 0.869. The highest BCUT2D eigenvalue weighted by Gasteiger charge is 2.26. The van der Waals surface area contributed by atoms with Gasteiger partial charge in [0, 0.05) is 25.3 Å². The molecule has 1 saturated heterocycles. The number of aliphatic hydroxyl groups excluding tert-OH is 1. The Balaban J connectivity index is 2.26. The van der Waals surface area contributed by atoms with Crippen molar-refractivity contribution >= 4 is 5.69 Å². The number of hydrogen-bond acceptors (Lipinski definition) is 4. The summed E-state index contributed by atoms with van der Waals surface area (Å²) in [5, 5.41) is 9.12. The molecule has 1 N–H and O–H groups in total. The van der Waals surface area contributed by atoms with E-state index >= 15 is 0 Å². The van der Waals surface area contributed by atoms with Crippen LogP contribution in [-0.4, -0.2) is 38.5 Å². The van der Waals surface area contributed by atoms with E-state index in [1.54, 1.807) is 14.2 Å². The van der Waals surface area contributed by atoms with E-state index in [-0.39, 0.29) is 6.61 Å². The normalized spacial score (nSPS) is 19.1. The summed E-state index contributed by atoms with van der Waals surface area (Å²) in [6.07, 6.45) is 3.12. The first kappa shape index (κ1) is 13.0. The minimum absolute atomic E-state index is 0.236. The molecule has 0 radical (unpaired) electrons. The third-order valence-corrected chi connectivity index (χ3v) is 3.54. The van der Waals surface area contributed by atoms with E-state index in [1.165, 1.54) is 6.42 Å². The molecule has 0 saturated carbocycles. The molecule has 0 bridgehead atoms. The lowest BCUT2D eigenvalue weighted by Crippen LogP contribution is -2.30. The van der Waals surface area contributed by atoms with Gasteiger partial charge in [0.1, 0.15) is 11.5 Å². The van der Waals surface area contributed by atoms with Crippen molar-refractivity contribution in [1.82, 2.24) is 0 Å². The summed E-state index contributed by atoms with van der Waals surface area (Å²) in [5.74, 6) is 1.63. The van der Waals surface area contributed by atoms with Crippen molar-refractivity contribution in [3.05, 3.63) is 18.2 Å². The van der Waals surface area contributed by atoms with Gasteiger partial charge in [-0.25, -0.2) is 0 Å². The van der Waals surface area contributed by atoms with Gasteiger partial charge in [-0.15, -0.1) is 0 Å². The van der Waals surface area contributed by atoms with Gasteiger partial charge < -0.3 is 19.5 Å².